The van der Waals surface area contributed by atoms with E-state index in [1.54, 1.807) is 0 Å². The maximum absolute atomic E-state index is 11.5. The van der Waals surface area contributed by atoms with Crippen LogP contribution < -0.4 is 5.32 Å². The van der Waals surface area contributed by atoms with Crippen molar-refractivity contribution >= 4 is 34.9 Å². The monoisotopic (exact) mass is 258 g/mol. The maximum atomic E-state index is 11.5. The summed E-state index contributed by atoms with van der Waals surface area (Å²) in [6.07, 6.45) is 1.28. The molecule has 0 spiro atoms. The summed E-state index contributed by atoms with van der Waals surface area (Å²) in [5, 5.41) is 11.9. The molecule has 0 fully saturated rings. The SMILES string of the molecule is O=C(Nc1cc(Cl)nc(Cl)n1)c1cn[nH]n1. The molecule has 0 atom stereocenters. The number of halogens is 2. The Morgan fingerprint density at radius 3 is 2.81 bits per heavy atom. The largest absolute Gasteiger partial charge is 0.305 e. The van der Waals surface area contributed by atoms with Crippen LogP contribution in [-0.2, 0) is 0 Å². The predicted molar refractivity (Wildman–Crippen MR) is 56.4 cm³/mol. The molecule has 16 heavy (non-hydrogen) atoms. The second-order valence-electron chi connectivity index (χ2n) is 2.65. The fourth-order valence-corrected chi connectivity index (χ4v) is 1.35. The minimum atomic E-state index is -0.473. The first-order chi connectivity index (χ1) is 7.65. The molecule has 0 unspecified atom stereocenters. The van der Waals surface area contributed by atoms with E-state index >= 15 is 0 Å². The minimum Gasteiger partial charge on any atom is -0.305 e. The van der Waals surface area contributed by atoms with Gasteiger partial charge in [-0.2, -0.15) is 15.4 Å². The van der Waals surface area contributed by atoms with E-state index in [2.05, 4.69) is 30.7 Å². The lowest BCUT2D eigenvalue weighted by Gasteiger charge is -2.01. The van der Waals surface area contributed by atoms with Gasteiger partial charge in [0.1, 0.15) is 11.0 Å². The highest BCUT2D eigenvalue weighted by Crippen LogP contribution is 2.14. The number of aromatic nitrogens is 5. The highest BCUT2D eigenvalue weighted by molar-refractivity contribution is 6.32. The van der Waals surface area contributed by atoms with Gasteiger partial charge in [0.15, 0.2) is 5.69 Å². The molecule has 0 saturated carbocycles. The standard InChI is InChI=1S/C7H4Cl2N6O/c8-4-1-5(13-7(9)11-4)12-6(16)3-2-10-15-14-3/h1-2H,(H,10,14,15)(H,11,12,13,16). The Bertz CT molecular complexity index is 493. The second kappa shape index (κ2) is 4.42. The number of hydrogen-bond acceptors (Lipinski definition) is 5. The summed E-state index contributed by atoms with van der Waals surface area (Å²) in [7, 11) is 0. The van der Waals surface area contributed by atoms with Gasteiger partial charge in [0.2, 0.25) is 5.28 Å². The fourth-order valence-electron chi connectivity index (χ4n) is 0.945. The van der Waals surface area contributed by atoms with Gasteiger partial charge in [-0.3, -0.25) is 4.79 Å². The van der Waals surface area contributed by atoms with Crippen molar-refractivity contribution in [3.05, 3.63) is 28.4 Å². The van der Waals surface area contributed by atoms with Crippen molar-refractivity contribution in [2.24, 2.45) is 0 Å². The van der Waals surface area contributed by atoms with E-state index in [0.29, 0.717) is 0 Å². The Kier molecular flexibility index (Phi) is 2.97. The molecule has 2 aromatic rings. The Hall–Kier alpha value is -1.73. The number of hydrogen-bond donors (Lipinski definition) is 2. The lowest BCUT2D eigenvalue weighted by molar-refractivity contribution is 0.102. The maximum Gasteiger partial charge on any atom is 0.278 e. The average molecular weight is 259 g/mol. The molecule has 2 rings (SSSR count). The number of carbonyl (C=O) groups is 1. The summed E-state index contributed by atoms with van der Waals surface area (Å²) in [5.41, 5.74) is 0.130. The lowest BCUT2D eigenvalue weighted by Crippen LogP contribution is -2.13. The lowest BCUT2D eigenvalue weighted by atomic mass is 10.4. The highest BCUT2D eigenvalue weighted by atomic mass is 35.5. The molecule has 0 aromatic carbocycles. The Morgan fingerprint density at radius 2 is 2.19 bits per heavy atom. The number of nitrogens with zero attached hydrogens (tertiary/aromatic N) is 4. The molecule has 82 valence electrons. The van der Waals surface area contributed by atoms with Crippen LogP contribution in [0.4, 0.5) is 5.82 Å². The van der Waals surface area contributed by atoms with E-state index in [4.69, 9.17) is 23.2 Å². The molecule has 1 amide bonds. The number of H-pyrrole nitrogens is 1. The van der Waals surface area contributed by atoms with E-state index in [1.807, 2.05) is 0 Å². The van der Waals surface area contributed by atoms with Gasteiger partial charge in [-0.25, -0.2) is 9.97 Å². The first-order valence-corrected chi connectivity index (χ1v) is 4.78. The van der Waals surface area contributed by atoms with Gasteiger partial charge in [-0.05, 0) is 11.6 Å². The predicted octanol–water partition coefficient (Wildman–Crippen LogP) is 1.15. The number of rotatable bonds is 2. The molecule has 7 nitrogen and oxygen atoms in total. The molecule has 2 aromatic heterocycles. The third-order valence-corrected chi connectivity index (χ3v) is 1.92. The van der Waals surface area contributed by atoms with Gasteiger partial charge in [-0.15, -0.1) is 0 Å². The fraction of sp³-hybridized carbons (Fsp3) is 0. The smallest absolute Gasteiger partial charge is 0.278 e. The van der Waals surface area contributed by atoms with Crippen molar-refractivity contribution < 1.29 is 4.79 Å². The Morgan fingerprint density at radius 1 is 1.38 bits per heavy atom. The van der Waals surface area contributed by atoms with Crippen LogP contribution in [0.3, 0.4) is 0 Å². The molecule has 0 saturated heterocycles. The first kappa shape index (κ1) is 10.8. The minimum absolute atomic E-state index is 0.0528. The zero-order chi connectivity index (χ0) is 11.5. The van der Waals surface area contributed by atoms with Crippen LogP contribution in [0.2, 0.25) is 10.4 Å². The van der Waals surface area contributed by atoms with E-state index in [-0.39, 0.29) is 21.9 Å². The van der Waals surface area contributed by atoms with Gasteiger partial charge in [0, 0.05) is 6.07 Å². The quantitative estimate of drug-likeness (QED) is 0.623. The van der Waals surface area contributed by atoms with E-state index in [1.165, 1.54) is 12.3 Å². The molecule has 2 heterocycles. The normalized spacial score (nSPS) is 10.1. The summed E-state index contributed by atoms with van der Waals surface area (Å²) >= 11 is 11.2. The van der Waals surface area contributed by atoms with Crippen molar-refractivity contribution in [1.82, 2.24) is 25.4 Å². The summed E-state index contributed by atoms with van der Waals surface area (Å²) in [6, 6.07) is 1.37. The summed E-state index contributed by atoms with van der Waals surface area (Å²) in [5.74, 6) is -0.280. The average Bonchev–Trinajstić information content (AvgIpc) is 2.68. The van der Waals surface area contributed by atoms with Crippen molar-refractivity contribution in [2.75, 3.05) is 5.32 Å². The van der Waals surface area contributed by atoms with Crippen LogP contribution in [0.25, 0.3) is 0 Å². The summed E-state index contributed by atoms with van der Waals surface area (Å²) < 4.78 is 0. The van der Waals surface area contributed by atoms with Gasteiger partial charge >= 0.3 is 0 Å². The summed E-state index contributed by atoms with van der Waals surface area (Å²) in [4.78, 5) is 18.9. The molecule has 0 aliphatic carbocycles. The van der Waals surface area contributed by atoms with E-state index in [0.717, 1.165) is 0 Å². The molecule has 9 heteroatoms. The number of aromatic amines is 1. The highest BCUT2D eigenvalue weighted by Gasteiger charge is 2.10. The van der Waals surface area contributed by atoms with Crippen molar-refractivity contribution in [3.8, 4) is 0 Å². The topological polar surface area (TPSA) is 96.5 Å². The molecule has 0 aliphatic heterocycles. The van der Waals surface area contributed by atoms with Gasteiger partial charge < -0.3 is 5.32 Å². The number of anilines is 1. The number of carbonyl (C=O) groups excluding carboxylic acids is 1. The van der Waals surface area contributed by atoms with Gasteiger partial charge in [-0.1, -0.05) is 11.6 Å². The zero-order valence-corrected chi connectivity index (χ0v) is 9.12. The Balaban J connectivity index is 2.18. The number of nitrogens with one attached hydrogen (secondary N) is 2. The van der Waals surface area contributed by atoms with Crippen LogP contribution in [0, 0.1) is 0 Å². The molecule has 0 aliphatic rings. The molecule has 2 N–H and O–H groups in total. The van der Waals surface area contributed by atoms with E-state index in [9.17, 15) is 4.79 Å². The van der Waals surface area contributed by atoms with Crippen molar-refractivity contribution in [3.63, 3.8) is 0 Å². The van der Waals surface area contributed by atoms with E-state index < -0.39 is 5.91 Å². The molecular weight excluding hydrogens is 255 g/mol. The summed E-state index contributed by atoms with van der Waals surface area (Å²) in [6.45, 7) is 0. The second-order valence-corrected chi connectivity index (χ2v) is 3.38. The zero-order valence-electron chi connectivity index (χ0n) is 7.61. The van der Waals surface area contributed by atoms with Crippen LogP contribution in [-0.4, -0.2) is 31.3 Å². The Labute approximate surface area is 99.2 Å². The van der Waals surface area contributed by atoms with Crippen LogP contribution >= 0.6 is 23.2 Å². The number of amides is 1. The molecule has 0 radical (unpaired) electrons. The third-order valence-electron chi connectivity index (χ3n) is 1.56. The third kappa shape index (κ3) is 2.44. The van der Waals surface area contributed by atoms with Crippen LogP contribution in [0.15, 0.2) is 12.3 Å². The van der Waals surface area contributed by atoms with Gasteiger partial charge in [0.25, 0.3) is 5.91 Å². The van der Waals surface area contributed by atoms with Crippen molar-refractivity contribution in [2.45, 2.75) is 0 Å². The van der Waals surface area contributed by atoms with Crippen molar-refractivity contribution in [1.29, 1.82) is 0 Å². The molecule has 0 bridgehead atoms. The van der Waals surface area contributed by atoms with Gasteiger partial charge in [0.05, 0.1) is 6.20 Å². The van der Waals surface area contributed by atoms with Crippen LogP contribution in [0.5, 0.6) is 0 Å². The van der Waals surface area contributed by atoms with Crippen LogP contribution in [0.1, 0.15) is 10.5 Å². The first-order valence-electron chi connectivity index (χ1n) is 4.02. The molecular formula is C7H4Cl2N6O.